The van der Waals surface area contributed by atoms with Crippen molar-refractivity contribution in [2.45, 2.75) is 19.4 Å². The van der Waals surface area contributed by atoms with Crippen LogP contribution in [-0.4, -0.2) is 21.9 Å². The predicted molar refractivity (Wildman–Crippen MR) is 81.6 cm³/mol. The van der Waals surface area contributed by atoms with Gasteiger partial charge in [0.05, 0.1) is 0 Å². The van der Waals surface area contributed by atoms with Crippen molar-refractivity contribution in [2.75, 3.05) is 0 Å². The van der Waals surface area contributed by atoms with Crippen LogP contribution in [0.1, 0.15) is 18.4 Å². The second-order valence-corrected chi connectivity index (χ2v) is 4.99. The Labute approximate surface area is 121 Å². The van der Waals surface area contributed by atoms with Crippen LogP contribution in [0.3, 0.4) is 0 Å². The minimum Gasteiger partial charge on any atom is -0.480 e. The second kappa shape index (κ2) is 5.05. The number of nitrogens with zero attached hydrogens (tertiary/aromatic N) is 1. The van der Waals surface area contributed by atoms with E-state index in [9.17, 15) is 9.59 Å². The molecule has 3 rings (SSSR count). The van der Waals surface area contributed by atoms with Gasteiger partial charge in [0.2, 0.25) is 0 Å². The van der Waals surface area contributed by atoms with Gasteiger partial charge in [-0.15, -0.1) is 0 Å². The van der Waals surface area contributed by atoms with E-state index in [1.165, 1.54) is 0 Å². The molecular formula is C17H15NO3. The number of aliphatic carboxylic acids is 1. The highest BCUT2D eigenvalue weighted by Gasteiger charge is 2.20. The number of aromatic nitrogens is 1. The van der Waals surface area contributed by atoms with Crippen molar-refractivity contribution in [3.8, 4) is 0 Å². The van der Waals surface area contributed by atoms with E-state index in [1.807, 2.05) is 36.4 Å². The standard InChI is InChI=1S/C17H15NO3/c1-2-18-15-6-4-3-5-12(15)13-9-11(7-8-16(13)18)14(10-19)17(20)21/h3-10,14H,2H2,1H3,(H,20,21). The maximum absolute atomic E-state index is 11.2. The van der Waals surface area contributed by atoms with Crippen molar-refractivity contribution in [1.29, 1.82) is 0 Å². The van der Waals surface area contributed by atoms with Gasteiger partial charge in [-0.25, -0.2) is 0 Å². The second-order valence-electron chi connectivity index (χ2n) is 4.99. The summed E-state index contributed by atoms with van der Waals surface area (Å²) in [5.41, 5.74) is 2.69. The van der Waals surface area contributed by atoms with Crippen LogP contribution in [0, 0.1) is 0 Å². The first kappa shape index (κ1) is 13.4. The molecule has 0 spiro atoms. The maximum atomic E-state index is 11.2. The van der Waals surface area contributed by atoms with Gasteiger partial charge in [0.1, 0.15) is 12.2 Å². The fourth-order valence-electron chi connectivity index (χ4n) is 2.88. The number of rotatable bonds is 4. The Balaban J connectivity index is 2.33. The van der Waals surface area contributed by atoms with Gasteiger partial charge in [-0.05, 0) is 30.7 Å². The molecule has 1 heterocycles. The van der Waals surface area contributed by atoms with Gasteiger partial charge in [0, 0.05) is 28.4 Å². The summed E-state index contributed by atoms with van der Waals surface area (Å²) in [5, 5.41) is 11.2. The molecule has 21 heavy (non-hydrogen) atoms. The third-order valence-corrected chi connectivity index (χ3v) is 3.87. The van der Waals surface area contributed by atoms with E-state index >= 15 is 0 Å². The average molecular weight is 281 g/mol. The lowest BCUT2D eigenvalue weighted by atomic mass is 9.98. The molecule has 0 saturated carbocycles. The van der Waals surface area contributed by atoms with Crippen molar-refractivity contribution in [2.24, 2.45) is 0 Å². The Morgan fingerprint density at radius 2 is 1.90 bits per heavy atom. The van der Waals surface area contributed by atoms with Crippen molar-refractivity contribution >= 4 is 34.1 Å². The lowest BCUT2D eigenvalue weighted by Gasteiger charge is -2.07. The summed E-state index contributed by atoms with van der Waals surface area (Å²) in [5.74, 6) is -2.23. The van der Waals surface area contributed by atoms with E-state index in [1.54, 1.807) is 6.07 Å². The molecule has 2 aromatic carbocycles. The number of hydrogen-bond donors (Lipinski definition) is 1. The predicted octanol–water partition coefficient (Wildman–Crippen LogP) is 3.18. The molecule has 1 N–H and O–H groups in total. The Bertz CT molecular complexity index is 848. The normalized spacial score (nSPS) is 12.6. The van der Waals surface area contributed by atoms with Crippen LogP contribution >= 0.6 is 0 Å². The van der Waals surface area contributed by atoms with Crippen LogP contribution in [0.15, 0.2) is 42.5 Å². The lowest BCUT2D eigenvalue weighted by molar-refractivity contribution is -0.140. The highest BCUT2D eigenvalue weighted by Crippen LogP contribution is 2.31. The number of carbonyl (C=O) groups is 2. The third-order valence-electron chi connectivity index (χ3n) is 3.87. The average Bonchev–Trinajstić information content (AvgIpc) is 2.81. The number of carboxylic acids is 1. The molecule has 106 valence electrons. The zero-order valence-electron chi connectivity index (χ0n) is 11.6. The van der Waals surface area contributed by atoms with Crippen LogP contribution < -0.4 is 0 Å². The minimum atomic E-state index is -1.12. The van der Waals surface area contributed by atoms with Gasteiger partial charge in [-0.3, -0.25) is 4.79 Å². The summed E-state index contributed by atoms with van der Waals surface area (Å²) >= 11 is 0. The summed E-state index contributed by atoms with van der Waals surface area (Å²) in [6, 6.07) is 13.4. The molecule has 0 aliphatic carbocycles. The van der Waals surface area contributed by atoms with Crippen molar-refractivity contribution < 1.29 is 14.7 Å². The first-order valence-electron chi connectivity index (χ1n) is 6.86. The lowest BCUT2D eigenvalue weighted by Crippen LogP contribution is -2.12. The molecule has 1 aromatic heterocycles. The maximum Gasteiger partial charge on any atom is 0.318 e. The molecule has 3 aromatic rings. The number of para-hydroxylation sites is 1. The summed E-state index contributed by atoms with van der Waals surface area (Å²) in [7, 11) is 0. The fraction of sp³-hybridized carbons (Fsp3) is 0.176. The van der Waals surface area contributed by atoms with Gasteiger partial charge in [-0.2, -0.15) is 0 Å². The van der Waals surface area contributed by atoms with Crippen LogP contribution in [0.5, 0.6) is 0 Å². The molecule has 0 amide bonds. The van der Waals surface area contributed by atoms with Crippen molar-refractivity contribution in [3.63, 3.8) is 0 Å². The number of hydrogen-bond acceptors (Lipinski definition) is 2. The van der Waals surface area contributed by atoms with Crippen molar-refractivity contribution in [1.82, 2.24) is 4.57 Å². The largest absolute Gasteiger partial charge is 0.480 e. The van der Waals surface area contributed by atoms with Crippen LogP contribution in [0.25, 0.3) is 21.8 Å². The zero-order chi connectivity index (χ0) is 15.0. The SMILES string of the molecule is CCn1c2ccccc2c2cc(C(C=O)C(=O)O)ccc21. The molecule has 0 saturated heterocycles. The Morgan fingerprint density at radius 3 is 2.57 bits per heavy atom. The van der Waals surface area contributed by atoms with E-state index in [0.717, 1.165) is 28.4 Å². The molecule has 0 radical (unpaired) electrons. The van der Waals surface area contributed by atoms with E-state index in [0.29, 0.717) is 11.8 Å². The number of aldehydes is 1. The quantitative estimate of drug-likeness (QED) is 0.590. The Kier molecular flexibility index (Phi) is 3.22. The van der Waals surface area contributed by atoms with Gasteiger partial charge in [-0.1, -0.05) is 24.3 Å². The molecule has 1 unspecified atom stereocenters. The molecule has 4 heteroatoms. The summed E-state index contributed by atoms with van der Waals surface area (Å²) in [4.78, 5) is 22.2. The monoisotopic (exact) mass is 281 g/mol. The molecular weight excluding hydrogens is 266 g/mol. The topological polar surface area (TPSA) is 59.3 Å². The van der Waals surface area contributed by atoms with Crippen LogP contribution in [0.2, 0.25) is 0 Å². The number of aryl methyl sites for hydroxylation is 1. The van der Waals surface area contributed by atoms with E-state index in [2.05, 4.69) is 11.5 Å². The first-order chi connectivity index (χ1) is 10.2. The van der Waals surface area contributed by atoms with E-state index in [-0.39, 0.29) is 0 Å². The molecule has 0 aliphatic rings. The molecule has 0 aliphatic heterocycles. The number of carboxylic acid groups (broad SMARTS) is 1. The highest BCUT2D eigenvalue weighted by atomic mass is 16.4. The van der Waals surface area contributed by atoms with E-state index < -0.39 is 11.9 Å². The Hall–Kier alpha value is -2.62. The highest BCUT2D eigenvalue weighted by molar-refractivity contribution is 6.09. The number of fused-ring (bicyclic) bond motifs is 3. The van der Waals surface area contributed by atoms with E-state index in [4.69, 9.17) is 5.11 Å². The zero-order valence-corrected chi connectivity index (χ0v) is 11.6. The third kappa shape index (κ3) is 2.00. The van der Waals surface area contributed by atoms with Crippen molar-refractivity contribution in [3.05, 3.63) is 48.0 Å². The first-order valence-corrected chi connectivity index (χ1v) is 6.86. The number of carbonyl (C=O) groups excluding carboxylic acids is 1. The smallest absolute Gasteiger partial charge is 0.318 e. The van der Waals surface area contributed by atoms with Crippen LogP contribution in [-0.2, 0) is 16.1 Å². The molecule has 0 fully saturated rings. The Morgan fingerprint density at radius 1 is 1.19 bits per heavy atom. The molecule has 1 atom stereocenters. The number of benzene rings is 2. The fourth-order valence-corrected chi connectivity index (χ4v) is 2.88. The summed E-state index contributed by atoms with van der Waals surface area (Å²) in [6.45, 7) is 2.91. The van der Waals surface area contributed by atoms with Gasteiger partial charge >= 0.3 is 5.97 Å². The molecule has 0 bridgehead atoms. The van der Waals surface area contributed by atoms with Gasteiger partial charge < -0.3 is 14.5 Å². The van der Waals surface area contributed by atoms with Gasteiger partial charge in [0.25, 0.3) is 0 Å². The van der Waals surface area contributed by atoms with Crippen LogP contribution in [0.4, 0.5) is 0 Å². The summed E-state index contributed by atoms with van der Waals surface area (Å²) in [6.07, 6.45) is 0.475. The summed E-state index contributed by atoms with van der Waals surface area (Å²) < 4.78 is 2.19. The molecule has 4 nitrogen and oxygen atoms in total. The van der Waals surface area contributed by atoms with Gasteiger partial charge in [0.15, 0.2) is 0 Å². The minimum absolute atomic E-state index is 0.475.